The molecule has 3 rings (SSSR count). The molecule has 26 heavy (non-hydrogen) atoms. The molecule has 5 nitrogen and oxygen atoms in total. The first-order chi connectivity index (χ1) is 12.5. The van der Waals surface area contributed by atoms with E-state index < -0.39 is 0 Å². The van der Waals surface area contributed by atoms with E-state index in [0.29, 0.717) is 11.3 Å². The van der Waals surface area contributed by atoms with Crippen LogP contribution in [-0.2, 0) is 4.74 Å². The lowest BCUT2D eigenvalue weighted by molar-refractivity contribution is -0.00521. The van der Waals surface area contributed by atoms with Crippen LogP contribution in [0.25, 0.3) is 0 Å². The van der Waals surface area contributed by atoms with Crippen LogP contribution in [0.1, 0.15) is 29.8 Å². The van der Waals surface area contributed by atoms with Gasteiger partial charge in [-0.3, -0.25) is 4.79 Å². The highest BCUT2D eigenvalue weighted by Crippen LogP contribution is 2.23. The first kappa shape index (κ1) is 18.3. The molecule has 1 N–H and O–H groups in total. The van der Waals surface area contributed by atoms with Crippen LogP contribution in [0.4, 0.5) is 11.4 Å². The highest BCUT2D eigenvalue weighted by atomic mass is 16.5. The number of methoxy groups -OCH3 is 1. The van der Waals surface area contributed by atoms with Gasteiger partial charge in [-0.1, -0.05) is 6.07 Å². The first-order valence-electron chi connectivity index (χ1n) is 8.92. The molecule has 1 amide bonds. The number of anilines is 2. The van der Waals surface area contributed by atoms with Gasteiger partial charge in [0.05, 0.1) is 19.3 Å². The zero-order chi connectivity index (χ0) is 18.7. The van der Waals surface area contributed by atoms with E-state index in [0.717, 1.165) is 30.0 Å². The minimum Gasteiger partial charge on any atom is -0.496 e. The van der Waals surface area contributed by atoms with Gasteiger partial charge < -0.3 is 19.7 Å². The minimum atomic E-state index is -0.148. The van der Waals surface area contributed by atoms with Gasteiger partial charge in [-0.25, -0.2) is 0 Å². The molecule has 2 unspecified atom stereocenters. The van der Waals surface area contributed by atoms with Crippen molar-refractivity contribution in [1.82, 2.24) is 0 Å². The number of carbonyl (C=O) groups is 1. The molecule has 138 valence electrons. The van der Waals surface area contributed by atoms with Crippen LogP contribution in [0.15, 0.2) is 42.5 Å². The number of carbonyl (C=O) groups excluding carboxylic acids is 1. The van der Waals surface area contributed by atoms with E-state index in [2.05, 4.69) is 24.1 Å². The Bertz CT molecular complexity index is 763. The average Bonchev–Trinajstić information content (AvgIpc) is 2.62. The molecule has 0 bridgehead atoms. The second kappa shape index (κ2) is 7.79. The van der Waals surface area contributed by atoms with Gasteiger partial charge >= 0.3 is 0 Å². The minimum absolute atomic E-state index is 0.148. The molecular formula is C21H26N2O3. The Labute approximate surface area is 154 Å². The van der Waals surface area contributed by atoms with Crippen molar-refractivity contribution < 1.29 is 14.3 Å². The SMILES string of the molecule is COc1cc(C(=O)Nc2ccc(N3CC(C)OC(C)C3)cc2)ccc1C. The standard InChI is InChI=1S/C21H26N2O3/c1-14-5-6-17(11-20(14)25-4)21(24)22-18-7-9-19(10-8-18)23-12-15(2)26-16(3)13-23/h5-11,15-16H,12-13H2,1-4H3,(H,22,24). The number of rotatable bonds is 4. The molecule has 1 fully saturated rings. The molecule has 1 aliphatic heterocycles. The maximum Gasteiger partial charge on any atom is 0.255 e. The van der Waals surface area contributed by atoms with Crippen LogP contribution in [0.2, 0.25) is 0 Å². The fourth-order valence-electron chi connectivity index (χ4n) is 3.31. The van der Waals surface area contributed by atoms with Crippen molar-refractivity contribution in [1.29, 1.82) is 0 Å². The predicted octanol–water partition coefficient (Wildman–Crippen LogP) is 3.87. The zero-order valence-corrected chi connectivity index (χ0v) is 15.8. The number of benzene rings is 2. The van der Waals surface area contributed by atoms with Crippen LogP contribution in [0.5, 0.6) is 5.75 Å². The number of amides is 1. The van der Waals surface area contributed by atoms with E-state index in [1.54, 1.807) is 19.2 Å². The van der Waals surface area contributed by atoms with Crippen LogP contribution in [-0.4, -0.2) is 38.3 Å². The highest BCUT2D eigenvalue weighted by molar-refractivity contribution is 6.04. The third kappa shape index (κ3) is 4.17. The van der Waals surface area contributed by atoms with Crippen molar-refractivity contribution in [2.45, 2.75) is 33.0 Å². The summed E-state index contributed by atoms with van der Waals surface area (Å²) < 4.78 is 11.1. The molecule has 5 heteroatoms. The molecule has 0 aromatic heterocycles. The largest absolute Gasteiger partial charge is 0.496 e. The zero-order valence-electron chi connectivity index (χ0n) is 15.8. The van der Waals surface area contributed by atoms with E-state index in [1.807, 2.05) is 37.3 Å². The monoisotopic (exact) mass is 354 g/mol. The maximum absolute atomic E-state index is 12.5. The molecule has 1 heterocycles. The highest BCUT2D eigenvalue weighted by Gasteiger charge is 2.22. The van der Waals surface area contributed by atoms with Gasteiger partial charge in [0, 0.05) is 30.0 Å². The van der Waals surface area contributed by atoms with Crippen molar-refractivity contribution in [3.05, 3.63) is 53.6 Å². The number of hydrogen-bond acceptors (Lipinski definition) is 4. The van der Waals surface area contributed by atoms with Crippen LogP contribution in [0.3, 0.4) is 0 Å². The van der Waals surface area contributed by atoms with E-state index in [9.17, 15) is 4.79 Å². The Kier molecular flexibility index (Phi) is 5.47. The van der Waals surface area contributed by atoms with Gasteiger partial charge in [0.15, 0.2) is 0 Å². The summed E-state index contributed by atoms with van der Waals surface area (Å²) in [4.78, 5) is 14.8. The fourth-order valence-corrected chi connectivity index (χ4v) is 3.31. The van der Waals surface area contributed by atoms with Crippen molar-refractivity contribution in [2.75, 3.05) is 30.4 Å². The summed E-state index contributed by atoms with van der Waals surface area (Å²) in [6, 6.07) is 13.4. The predicted molar refractivity (Wildman–Crippen MR) is 104 cm³/mol. The first-order valence-corrected chi connectivity index (χ1v) is 8.92. The Morgan fingerprint density at radius 3 is 2.38 bits per heavy atom. The summed E-state index contributed by atoms with van der Waals surface area (Å²) in [5.74, 6) is 0.563. The molecular weight excluding hydrogens is 328 g/mol. The molecule has 2 atom stereocenters. The number of nitrogens with one attached hydrogen (secondary N) is 1. The Balaban J connectivity index is 1.68. The number of morpholine rings is 1. The van der Waals surface area contributed by atoms with Crippen molar-refractivity contribution in [3.63, 3.8) is 0 Å². The van der Waals surface area contributed by atoms with Crippen molar-refractivity contribution in [2.24, 2.45) is 0 Å². The summed E-state index contributed by atoms with van der Waals surface area (Å²) in [6.45, 7) is 7.88. The van der Waals surface area contributed by atoms with Gasteiger partial charge in [0.25, 0.3) is 5.91 Å². The number of aryl methyl sites for hydroxylation is 1. The normalized spacial score (nSPS) is 19.9. The quantitative estimate of drug-likeness (QED) is 0.906. The van der Waals surface area contributed by atoms with Crippen LogP contribution < -0.4 is 15.0 Å². The molecule has 0 spiro atoms. The van der Waals surface area contributed by atoms with E-state index in [4.69, 9.17) is 9.47 Å². The van der Waals surface area contributed by atoms with Crippen molar-refractivity contribution >= 4 is 17.3 Å². The lowest BCUT2D eigenvalue weighted by Gasteiger charge is -2.36. The molecule has 2 aromatic carbocycles. The molecule has 2 aromatic rings. The summed E-state index contributed by atoms with van der Waals surface area (Å²) in [5, 5.41) is 2.94. The molecule has 0 radical (unpaired) electrons. The second-order valence-electron chi connectivity index (χ2n) is 6.85. The maximum atomic E-state index is 12.5. The van der Waals surface area contributed by atoms with Crippen LogP contribution >= 0.6 is 0 Å². The average molecular weight is 354 g/mol. The van der Waals surface area contributed by atoms with Gasteiger partial charge in [0.2, 0.25) is 0 Å². The third-order valence-electron chi connectivity index (χ3n) is 4.58. The molecule has 0 saturated carbocycles. The van der Waals surface area contributed by atoms with E-state index in [1.165, 1.54) is 0 Å². The number of nitrogens with zero attached hydrogens (tertiary/aromatic N) is 1. The summed E-state index contributed by atoms with van der Waals surface area (Å²) in [6.07, 6.45) is 0.435. The fraction of sp³-hybridized carbons (Fsp3) is 0.381. The summed E-state index contributed by atoms with van der Waals surface area (Å²) in [7, 11) is 1.61. The lowest BCUT2D eigenvalue weighted by Crippen LogP contribution is -2.45. The Morgan fingerprint density at radius 1 is 1.12 bits per heavy atom. The van der Waals surface area contributed by atoms with Crippen LogP contribution in [0, 0.1) is 6.92 Å². The number of hydrogen-bond donors (Lipinski definition) is 1. The van der Waals surface area contributed by atoms with Gasteiger partial charge in [-0.2, -0.15) is 0 Å². The van der Waals surface area contributed by atoms with Gasteiger partial charge in [0.1, 0.15) is 5.75 Å². The van der Waals surface area contributed by atoms with E-state index >= 15 is 0 Å². The molecule has 1 saturated heterocycles. The summed E-state index contributed by atoms with van der Waals surface area (Å²) in [5.41, 5.74) is 3.49. The van der Waals surface area contributed by atoms with Gasteiger partial charge in [-0.05, 0) is 62.7 Å². The van der Waals surface area contributed by atoms with E-state index in [-0.39, 0.29) is 18.1 Å². The molecule has 1 aliphatic rings. The third-order valence-corrected chi connectivity index (χ3v) is 4.58. The Hall–Kier alpha value is -2.53. The second-order valence-corrected chi connectivity index (χ2v) is 6.85. The van der Waals surface area contributed by atoms with Crippen molar-refractivity contribution in [3.8, 4) is 5.75 Å². The number of ether oxygens (including phenoxy) is 2. The van der Waals surface area contributed by atoms with Gasteiger partial charge in [-0.15, -0.1) is 0 Å². The summed E-state index contributed by atoms with van der Waals surface area (Å²) >= 11 is 0. The molecule has 0 aliphatic carbocycles. The topological polar surface area (TPSA) is 50.8 Å². The Morgan fingerprint density at radius 2 is 1.77 bits per heavy atom. The smallest absolute Gasteiger partial charge is 0.255 e. The lowest BCUT2D eigenvalue weighted by atomic mass is 10.1.